The van der Waals surface area contributed by atoms with E-state index in [1.54, 1.807) is 18.2 Å². The third-order valence-corrected chi connectivity index (χ3v) is 5.11. The van der Waals surface area contributed by atoms with Gasteiger partial charge in [-0.3, -0.25) is 4.90 Å². The number of hydrogen-bond acceptors (Lipinski definition) is 5. The molecule has 0 bridgehead atoms. The second-order valence-corrected chi connectivity index (χ2v) is 7.65. The summed E-state index contributed by atoms with van der Waals surface area (Å²) in [5, 5.41) is 15.2. The van der Waals surface area contributed by atoms with Crippen LogP contribution in [0.15, 0.2) is 66.3 Å². The third-order valence-electron chi connectivity index (χ3n) is 4.74. The molecule has 0 aliphatic carbocycles. The highest BCUT2D eigenvalue weighted by Gasteiger charge is 2.26. The first-order valence-electron chi connectivity index (χ1n) is 9.86. The topological polar surface area (TPSA) is 54.3 Å². The monoisotopic (exact) mass is 432 g/mol. The van der Waals surface area contributed by atoms with Crippen molar-refractivity contribution < 1.29 is 19.1 Å². The van der Waals surface area contributed by atoms with E-state index in [1.807, 2.05) is 24.3 Å². The van der Waals surface area contributed by atoms with Gasteiger partial charge >= 0.3 is 0 Å². The van der Waals surface area contributed by atoms with Crippen LogP contribution in [0.5, 0.6) is 0 Å². The van der Waals surface area contributed by atoms with Gasteiger partial charge in [0.15, 0.2) is 0 Å². The second kappa shape index (κ2) is 11.2. The van der Waals surface area contributed by atoms with Gasteiger partial charge in [-0.05, 0) is 29.3 Å². The Labute approximate surface area is 181 Å². The van der Waals surface area contributed by atoms with Crippen molar-refractivity contribution in [1.29, 1.82) is 0 Å². The van der Waals surface area contributed by atoms with Crippen molar-refractivity contribution in [2.75, 3.05) is 26.3 Å². The van der Waals surface area contributed by atoms with E-state index in [4.69, 9.17) is 21.2 Å². The molecule has 1 heterocycles. The van der Waals surface area contributed by atoms with Crippen LogP contribution in [0.4, 0.5) is 4.39 Å². The molecule has 0 fully saturated rings. The van der Waals surface area contributed by atoms with Crippen LogP contribution >= 0.6 is 11.6 Å². The van der Waals surface area contributed by atoms with Gasteiger partial charge in [-0.2, -0.15) is 0 Å². The van der Waals surface area contributed by atoms with Gasteiger partial charge in [-0.1, -0.05) is 53.2 Å². The molecule has 160 valence electrons. The molecule has 0 spiro atoms. The molecule has 1 aliphatic heterocycles. The van der Waals surface area contributed by atoms with E-state index in [-0.39, 0.29) is 18.5 Å². The van der Waals surface area contributed by atoms with Crippen molar-refractivity contribution in [2.24, 2.45) is 5.16 Å². The van der Waals surface area contributed by atoms with Crippen molar-refractivity contribution in [3.8, 4) is 0 Å². The van der Waals surface area contributed by atoms with E-state index in [1.165, 1.54) is 12.1 Å². The van der Waals surface area contributed by atoms with Crippen molar-refractivity contribution in [3.63, 3.8) is 0 Å². The van der Waals surface area contributed by atoms with Gasteiger partial charge in [0.25, 0.3) is 0 Å². The largest absolute Gasteiger partial charge is 0.390 e. The highest BCUT2D eigenvalue weighted by atomic mass is 35.5. The Balaban J connectivity index is 1.62. The zero-order chi connectivity index (χ0) is 21.3. The minimum Gasteiger partial charge on any atom is -0.390 e. The fourth-order valence-electron chi connectivity index (χ4n) is 3.34. The molecule has 0 unspecified atom stereocenters. The van der Waals surface area contributed by atoms with Gasteiger partial charge < -0.3 is 14.7 Å². The maximum Gasteiger partial charge on any atom is 0.145 e. The Morgan fingerprint density at radius 2 is 2.07 bits per heavy atom. The average molecular weight is 433 g/mol. The van der Waals surface area contributed by atoms with Crippen molar-refractivity contribution in [2.45, 2.75) is 25.2 Å². The third kappa shape index (κ3) is 6.64. The molecule has 0 amide bonds. The molecule has 1 aliphatic rings. The van der Waals surface area contributed by atoms with Gasteiger partial charge in [0, 0.05) is 31.1 Å². The lowest BCUT2D eigenvalue weighted by atomic mass is 10.0. The Kier molecular flexibility index (Phi) is 8.39. The summed E-state index contributed by atoms with van der Waals surface area (Å²) in [6.07, 6.45) is 1.42. The number of halogens is 2. The van der Waals surface area contributed by atoms with Crippen molar-refractivity contribution in [1.82, 2.24) is 4.90 Å². The Morgan fingerprint density at radius 3 is 2.80 bits per heavy atom. The van der Waals surface area contributed by atoms with Crippen LogP contribution in [0.3, 0.4) is 0 Å². The van der Waals surface area contributed by atoms with Gasteiger partial charge in [0.2, 0.25) is 0 Å². The van der Waals surface area contributed by atoms with Crippen LogP contribution in [-0.2, 0) is 16.1 Å². The maximum absolute atomic E-state index is 13.2. The van der Waals surface area contributed by atoms with E-state index < -0.39 is 6.10 Å². The number of aliphatic hydroxyl groups is 1. The smallest absolute Gasteiger partial charge is 0.145 e. The van der Waals surface area contributed by atoms with E-state index in [0.29, 0.717) is 37.7 Å². The number of nitrogens with zero attached hydrogens (tertiary/aromatic N) is 2. The molecule has 2 aromatic carbocycles. The average Bonchev–Trinajstić information content (AvgIpc) is 3.19. The standard InChI is InChI=1S/C23H26ClFN2O3/c1-2-11-29-16-20(28)14-27(13-18-5-3-4-6-22(18)24)15-21-12-23(26-30-21)17-7-9-19(25)10-8-17/h2-10,20-21,28H,1,11-16H2/t20-,21-/m0/s1. The van der Waals surface area contributed by atoms with Gasteiger partial charge in [-0.25, -0.2) is 4.39 Å². The van der Waals surface area contributed by atoms with E-state index in [9.17, 15) is 9.50 Å². The highest BCUT2D eigenvalue weighted by Crippen LogP contribution is 2.21. The van der Waals surface area contributed by atoms with Crippen LogP contribution in [0.1, 0.15) is 17.5 Å². The fourth-order valence-corrected chi connectivity index (χ4v) is 3.53. The number of hydrogen-bond donors (Lipinski definition) is 1. The van der Waals surface area contributed by atoms with Crippen LogP contribution < -0.4 is 0 Å². The Morgan fingerprint density at radius 1 is 1.30 bits per heavy atom. The SMILES string of the molecule is C=CCOC[C@@H](O)CN(Cc1ccccc1Cl)C[C@@H]1CC(c2ccc(F)cc2)=NO1. The molecule has 5 nitrogen and oxygen atoms in total. The molecule has 0 saturated carbocycles. The number of benzene rings is 2. The summed E-state index contributed by atoms with van der Waals surface area (Å²) >= 11 is 6.33. The van der Waals surface area contributed by atoms with Crippen molar-refractivity contribution >= 4 is 17.3 Å². The Hall–Kier alpha value is -2.25. The number of oxime groups is 1. The second-order valence-electron chi connectivity index (χ2n) is 7.24. The van der Waals surface area contributed by atoms with Gasteiger partial charge in [0.1, 0.15) is 11.9 Å². The lowest BCUT2D eigenvalue weighted by Gasteiger charge is -2.27. The summed E-state index contributed by atoms with van der Waals surface area (Å²) in [4.78, 5) is 7.70. The zero-order valence-electron chi connectivity index (χ0n) is 16.7. The van der Waals surface area contributed by atoms with Gasteiger partial charge in [0.05, 0.1) is 25.0 Å². The summed E-state index contributed by atoms with van der Waals surface area (Å²) in [6, 6.07) is 13.8. The Bertz CT molecular complexity index is 860. The summed E-state index contributed by atoms with van der Waals surface area (Å²) in [7, 11) is 0. The first kappa shape index (κ1) is 22.4. The molecule has 1 N–H and O–H groups in total. The molecule has 2 aromatic rings. The summed E-state index contributed by atoms with van der Waals surface area (Å²) in [6.45, 7) is 5.72. The lowest BCUT2D eigenvalue weighted by Crippen LogP contribution is -2.39. The molecule has 0 radical (unpaired) electrons. The van der Waals surface area contributed by atoms with Crippen LogP contribution in [0.25, 0.3) is 0 Å². The van der Waals surface area contributed by atoms with E-state index in [2.05, 4.69) is 16.6 Å². The predicted octanol–water partition coefficient (Wildman–Crippen LogP) is 4.04. The van der Waals surface area contributed by atoms with Crippen LogP contribution in [-0.4, -0.2) is 54.2 Å². The molecular weight excluding hydrogens is 407 g/mol. The molecule has 2 atom stereocenters. The number of rotatable bonds is 11. The molecule has 7 heteroatoms. The molecule has 3 rings (SSSR count). The summed E-state index contributed by atoms with van der Waals surface area (Å²) in [5.74, 6) is -0.284. The quantitative estimate of drug-likeness (QED) is 0.430. The lowest BCUT2D eigenvalue weighted by molar-refractivity contribution is 0.00337. The first-order valence-corrected chi connectivity index (χ1v) is 10.2. The summed E-state index contributed by atoms with van der Waals surface area (Å²) < 4.78 is 18.5. The highest BCUT2D eigenvalue weighted by molar-refractivity contribution is 6.31. The molecular formula is C23H26ClFN2O3. The predicted molar refractivity (Wildman–Crippen MR) is 116 cm³/mol. The van der Waals surface area contributed by atoms with Crippen LogP contribution in [0.2, 0.25) is 5.02 Å². The van der Waals surface area contributed by atoms with E-state index >= 15 is 0 Å². The number of aliphatic hydroxyl groups excluding tert-OH is 1. The van der Waals surface area contributed by atoms with Crippen molar-refractivity contribution in [3.05, 3.63) is 83.2 Å². The maximum atomic E-state index is 13.2. The molecule has 0 aromatic heterocycles. The minimum absolute atomic E-state index is 0.172. The fraction of sp³-hybridized carbons (Fsp3) is 0.348. The molecule has 0 saturated heterocycles. The zero-order valence-corrected chi connectivity index (χ0v) is 17.5. The minimum atomic E-state index is -0.661. The van der Waals surface area contributed by atoms with E-state index in [0.717, 1.165) is 16.8 Å². The summed E-state index contributed by atoms with van der Waals surface area (Å²) in [5.41, 5.74) is 2.60. The normalized spacial score (nSPS) is 16.9. The van der Waals surface area contributed by atoms with Crippen LogP contribution in [0, 0.1) is 5.82 Å². The van der Waals surface area contributed by atoms with Gasteiger partial charge in [-0.15, -0.1) is 6.58 Å². The molecule has 30 heavy (non-hydrogen) atoms. The number of ether oxygens (including phenoxy) is 1. The first-order chi connectivity index (χ1) is 14.5.